The van der Waals surface area contributed by atoms with E-state index in [1.165, 1.54) is 0 Å². The minimum Gasteiger partial charge on any atom is -0.464 e. The summed E-state index contributed by atoms with van der Waals surface area (Å²) in [6.07, 6.45) is 1.37. The van der Waals surface area contributed by atoms with E-state index >= 15 is 0 Å². The zero-order valence-corrected chi connectivity index (χ0v) is 18.5. The fourth-order valence-electron chi connectivity index (χ4n) is 2.90. The highest BCUT2D eigenvalue weighted by Crippen LogP contribution is 2.33. The molecule has 1 aromatic carbocycles. The fourth-order valence-corrected chi connectivity index (χ4v) is 3.94. The molecule has 2 aromatic rings. The Morgan fingerprint density at radius 3 is 2.70 bits per heavy atom. The van der Waals surface area contributed by atoms with Crippen LogP contribution >= 0.6 is 11.8 Å². The molecule has 0 spiro atoms. The quantitative estimate of drug-likeness (QED) is 0.469. The van der Waals surface area contributed by atoms with Gasteiger partial charge in [0.2, 0.25) is 6.23 Å². The number of rotatable bonds is 9. The van der Waals surface area contributed by atoms with Gasteiger partial charge in [-0.2, -0.15) is 5.01 Å². The highest BCUT2D eigenvalue weighted by molar-refractivity contribution is 8.00. The number of thioether (sulfide) groups is 1. The molecule has 1 aliphatic heterocycles. The van der Waals surface area contributed by atoms with Gasteiger partial charge in [-0.05, 0) is 50.6 Å². The summed E-state index contributed by atoms with van der Waals surface area (Å²) >= 11 is 1.67. The zero-order chi connectivity index (χ0) is 21.7. The van der Waals surface area contributed by atoms with Gasteiger partial charge in [0, 0.05) is 23.1 Å². The highest BCUT2D eigenvalue weighted by Gasteiger charge is 2.35. The molecular weight excluding hydrogens is 404 g/mol. The predicted molar refractivity (Wildman–Crippen MR) is 113 cm³/mol. The molecule has 1 N–H and O–H groups in total. The lowest BCUT2D eigenvalue weighted by atomic mass is 10.1. The van der Waals surface area contributed by atoms with Crippen molar-refractivity contribution in [3.8, 4) is 0 Å². The molecule has 0 bridgehead atoms. The Kier molecular flexibility index (Phi) is 7.23. The van der Waals surface area contributed by atoms with E-state index < -0.39 is 11.8 Å². The summed E-state index contributed by atoms with van der Waals surface area (Å²) in [5.74, 6) is 0.0996. The molecular formula is C22H28N2O5S. The Balaban J connectivity index is 1.54. The minimum atomic E-state index is -0.559. The van der Waals surface area contributed by atoms with Gasteiger partial charge in [0.05, 0.1) is 6.26 Å². The summed E-state index contributed by atoms with van der Waals surface area (Å²) in [6.45, 7) is 8.43. The van der Waals surface area contributed by atoms with Crippen molar-refractivity contribution in [3.05, 3.63) is 54.0 Å². The van der Waals surface area contributed by atoms with E-state index in [0.29, 0.717) is 18.7 Å². The van der Waals surface area contributed by atoms with Crippen molar-refractivity contribution < 1.29 is 23.5 Å². The van der Waals surface area contributed by atoms with Gasteiger partial charge in [-0.3, -0.25) is 9.59 Å². The Bertz CT molecular complexity index is 851. The van der Waals surface area contributed by atoms with Gasteiger partial charge in [0.25, 0.3) is 0 Å². The number of hydrogen-bond acceptors (Lipinski definition) is 8. The number of carbonyl (C=O) groups excluding carboxylic acids is 2. The average molecular weight is 433 g/mol. The molecule has 1 aromatic heterocycles. The number of esters is 2. The van der Waals surface area contributed by atoms with Gasteiger partial charge >= 0.3 is 11.9 Å². The molecule has 0 amide bonds. The minimum absolute atomic E-state index is 0.0961. The van der Waals surface area contributed by atoms with E-state index in [4.69, 9.17) is 13.9 Å². The van der Waals surface area contributed by atoms with Crippen molar-refractivity contribution in [2.45, 2.75) is 62.6 Å². The van der Waals surface area contributed by atoms with Crippen LogP contribution in [0.15, 0.2) is 52.0 Å². The van der Waals surface area contributed by atoms with E-state index in [-0.39, 0.29) is 23.7 Å². The van der Waals surface area contributed by atoms with Crippen molar-refractivity contribution in [1.29, 1.82) is 0 Å². The number of hydrogen-bond donors (Lipinski definition) is 1. The van der Waals surface area contributed by atoms with Crippen LogP contribution in [0.25, 0.3) is 0 Å². The van der Waals surface area contributed by atoms with Gasteiger partial charge in [-0.1, -0.05) is 19.1 Å². The van der Waals surface area contributed by atoms with Crippen molar-refractivity contribution in [2.75, 3.05) is 6.54 Å². The molecule has 2 unspecified atom stereocenters. The molecule has 1 saturated heterocycles. The number of nitrogens with one attached hydrogen (secondary N) is 1. The van der Waals surface area contributed by atoms with E-state index in [2.05, 4.69) is 12.3 Å². The summed E-state index contributed by atoms with van der Waals surface area (Å²) in [4.78, 5) is 24.5. The van der Waals surface area contributed by atoms with Gasteiger partial charge in [0.1, 0.15) is 12.1 Å². The third kappa shape index (κ3) is 5.65. The van der Waals surface area contributed by atoms with Crippen molar-refractivity contribution in [3.63, 3.8) is 0 Å². The van der Waals surface area contributed by atoms with E-state index in [0.717, 1.165) is 10.5 Å². The molecule has 2 heterocycles. The van der Waals surface area contributed by atoms with E-state index in [9.17, 15) is 9.59 Å². The lowest BCUT2D eigenvalue weighted by molar-refractivity contribution is -0.155. The number of benzene rings is 1. The van der Waals surface area contributed by atoms with Crippen LogP contribution in [0, 0.1) is 0 Å². The third-order valence-corrected chi connectivity index (χ3v) is 6.44. The summed E-state index contributed by atoms with van der Waals surface area (Å²) < 4.78 is 16.3. The molecule has 7 nitrogen and oxygen atoms in total. The molecule has 2 atom stereocenters. The molecule has 1 aliphatic rings. The van der Waals surface area contributed by atoms with Crippen molar-refractivity contribution in [2.24, 2.45) is 0 Å². The Hall–Kier alpha value is -2.29. The summed E-state index contributed by atoms with van der Waals surface area (Å²) in [6, 6.07) is 11.7. The van der Waals surface area contributed by atoms with E-state index in [1.54, 1.807) is 42.1 Å². The first-order valence-corrected chi connectivity index (χ1v) is 10.9. The Morgan fingerprint density at radius 1 is 1.33 bits per heavy atom. The van der Waals surface area contributed by atoms with Crippen LogP contribution in [-0.2, 0) is 25.6 Å². The normalized spacial score (nSPS) is 18.3. The standard InChI is InChI=1S/C22H28N2O5S/c1-5-19(25)29-22(3,4)15(2)30-17-10-8-16(9-11-17)13-23-24-14-20(26)28-21(24)18-7-6-12-27-18/h6-12,15,21,23H,5,13-14H2,1-4H3. The monoisotopic (exact) mass is 432 g/mol. The fraction of sp³-hybridized carbons (Fsp3) is 0.455. The molecule has 1 fully saturated rings. The molecule has 0 aliphatic carbocycles. The summed E-state index contributed by atoms with van der Waals surface area (Å²) in [5, 5.41) is 1.83. The second-order valence-electron chi connectivity index (χ2n) is 7.66. The SMILES string of the molecule is CCC(=O)OC(C)(C)C(C)Sc1ccc(CNN2CC(=O)OC2c2ccco2)cc1. The molecule has 3 rings (SSSR count). The number of hydrazine groups is 1. The number of carbonyl (C=O) groups is 2. The molecule has 162 valence electrons. The number of ether oxygens (including phenoxy) is 2. The molecule has 0 saturated carbocycles. The predicted octanol–water partition coefficient (Wildman–Crippen LogP) is 4.05. The smallest absolute Gasteiger partial charge is 0.323 e. The molecule has 8 heteroatoms. The zero-order valence-electron chi connectivity index (χ0n) is 17.7. The van der Waals surface area contributed by atoms with Crippen molar-refractivity contribution >= 4 is 23.7 Å². The number of cyclic esters (lactones) is 1. The van der Waals surface area contributed by atoms with Crippen LogP contribution in [0.3, 0.4) is 0 Å². The lowest BCUT2D eigenvalue weighted by Crippen LogP contribution is -2.37. The first kappa shape index (κ1) is 22.4. The van der Waals surface area contributed by atoms with Crippen LogP contribution in [0.5, 0.6) is 0 Å². The Labute approximate surface area is 181 Å². The average Bonchev–Trinajstić information content (AvgIpc) is 3.36. The highest BCUT2D eigenvalue weighted by atomic mass is 32.2. The van der Waals surface area contributed by atoms with Gasteiger partial charge in [0.15, 0.2) is 5.76 Å². The van der Waals surface area contributed by atoms with Crippen LogP contribution < -0.4 is 5.43 Å². The first-order valence-electron chi connectivity index (χ1n) is 9.99. The van der Waals surface area contributed by atoms with Gasteiger partial charge < -0.3 is 13.9 Å². The maximum atomic E-state index is 11.7. The second kappa shape index (κ2) is 9.68. The number of furan rings is 1. The van der Waals surface area contributed by atoms with Crippen LogP contribution in [0.2, 0.25) is 0 Å². The topological polar surface area (TPSA) is 81.0 Å². The van der Waals surface area contributed by atoms with Gasteiger partial charge in [-0.15, -0.1) is 11.8 Å². The largest absolute Gasteiger partial charge is 0.464 e. The van der Waals surface area contributed by atoms with Crippen LogP contribution in [-0.4, -0.2) is 34.3 Å². The van der Waals surface area contributed by atoms with Crippen LogP contribution in [0.4, 0.5) is 0 Å². The van der Waals surface area contributed by atoms with Crippen molar-refractivity contribution in [1.82, 2.24) is 10.4 Å². The summed E-state index contributed by atoms with van der Waals surface area (Å²) in [5.41, 5.74) is 3.76. The maximum absolute atomic E-state index is 11.7. The second-order valence-corrected chi connectivity index (χ2v) is 9.07. The third-order valence-electron chi connectivity index (χ3n) is 4.98. The lowest BCUT2D eigenvalue weighted by Gasteiger charge is -2.31. The Morgan fingerprint density at radius 2 is 2.07 bits per heavy atom. The summed E-state index contributed by atoms with van der Waals surface area (Å²) in [7, 11) is 0. The first-order chi connectivity index (χ1) is 14.3. The van der Waals surface area contributed by atoms with Crippen LogP contribution in [0.1, 0.15) is 51.7 Å². The number of nitrogens with zero attached hydrogens (tertiary/aromatic N) is 1. The maximum Gasteiger partial charge on any atom is 0.323 e. The van der Waals surface area contributed by atoms with E-state index in [1.807, 2.05) is 38.1 Å². The molecule has 30 heavy (non-hydrogen) atoms. The van der Waals surface area contributed by atoms with Gasteiger partial charge in [-0.25, -0.2) is 5.43 Å². The molecule has 0 radical (unpaired) electrons.